The molecule has 0 aromatic carbocycles. The number of rotatable bonds is 6. The Morgan fingerprint density at radius 2 is 2.12 bits per heavy atom. The van der Waals surface area contributed by atoms with Gasteiger partial charge >= 0.3 is 0 Å². The van der Waals surface area contributed by atoms with Crippen molar-refractivity contribution in [2.24, 2.45) is 5.92 Å². The lowest BCUT2D eigenvalue weighted by Crippen LogP contribution is -2.37. The van der Waals surface area contributed by atoms with Crippen molar-refractivity contribution in [3.8, 4) is 0 Å². The van der Waals surface area contributed by atoms with Crippen molar-refractivity contribution < 1.29 is 4.79 Å². The molecule has 1 heterocycles. The Morgan fingerprint density at radius 1 is 1.41 bits per heavy atom. The molecule has 1 amide bonds. The fourth-order valence-corrected chi connectivity index (χ4v) is 2.77. The van der Waals surface area contributed by atoms with E-state index >= 15 is 0 Å². The van der Waals surface area contributed by atoms with Gasteiger partial charge < -0.3 is 4.90 Å². The normalized spacial score (nSPS) is 26.2. The molecule has 0 aromatic rings. The molecule has 1 N–H and O–H groups in total. The average molecular weight is 238 g/mol. The maximum atomic E-state index is 12.3. The first kappa shape index (κ1) is 12.9. The topological polar surface area (TPSA) is 32.3 Å². The van der Waals surface area contributed by atoms with Gasteiger partial charge in [0.2, 0.25) is 5.91 Å². The highest BCUT2D eigenvalue weighted by Gasteiger charge is 2.58. The Labute approximate surface area is 105 Å². The van der Waals surface area contributed by atoms with Gasteiger partial charge in [0.25, 0.3) is 0 Å². The first-order valence-electron chi connectivity index (χ1n) is 7.18. The Bertz CT molecular complexity index is 284. The molecule has 1 spiro atoms. The van der Waals surface area contributed by atoms with Crippen molar-refractivity contribution in [2.45, 2.75) is 71.0 Å². The van der Waals surface area contributed by atoms with Gasteiger partial charge in [-0.3, -0.25) is 10.1 Å². The van der Waals surface area contributed by atoms with Gasteiger partial charge in [-0.25, -0.2) is 0 Å². The minimum absolute atomic E-state index is 0.126. The second kappa shape index (κ2) is 4.97. The molecule has 1 aliphatic heterocycles. The number of hydrogen-bond acceptors (Lipinski definition) is 2. The second-order valence-corrected chi connectivity index (χ2v) is 6.04. The van der Waals surface area contributed by atoms with Gasteiger partial charge in [0, 0.05) is 6.54 Å². The molecule has 3 heteroatoms. The smallest absolute Gasteiger partial charge is 0.244 e. The molecule has 3 nitrogen and oxygen atoms in total. The number of amides is 1. The van der Waals surface area contributed by atoms with Crippen molar-refractivity contribution in [1.29, 1.82) is 0 Å². The monoisotopic (exact) mass is 238 g/mol. The van der Waals surface area contributed by atoms with Gasteiger partial charge in [-0.15, -0.1) is 0 Å². The second-order valence-electron chi connectivity index (χ2n) is 6.04. The standard InChI is InChI=1S/C14H26N2O/c1-4-12-15-14(8-9-14)13(17)16(12)10-6-5-7-11(2)3/h11-12,15H,4-10H2,1-3H3. The third kappa shape index (κ3) is 2.65. The first-order chi connectivity index (χ1) is 8.09. The van der Waals surface area contributed by atoms with Crippen LogP contribution in [0.1, 0.15) is 59.3 Å². The summed E-state index contributed by atoms with van der Waals surface area (Å²) in [6.45, 7) is 7.62. The molecule has 1 aliphatic carbocycles. The van der Waals surface area contributed by atoms with E-state index in [0.29, 0.717) is 12.1 Å². The molecule has 2 rings (SSSR count). The minimum atomic E-state index is -0.126. The molecule has 1 unspecified atom stereocenters. The molecule has 0 aromatic heterocycles. The maximum Gasteiger partial charge on any atom is 0.244 e. The van der Waals surface area contributed by atoms with E-state index in [9.17, 15) is 4.79 Å². The molecule has 98 valence electrons. The summed E-state index contributed by atoms with van der Waals surface area (Å²) in [5.74, 6) is 1.15. The third-order valence-corrected chi connectivity index (χ3v) is 4.06. The molecule has 1 saturated carbocycles. The molecule has 0 radical (unpaired) electrons. The predicted molar refractivity (Wildman–Crippen MR) is 69.6 cm³/mol. The summed E-state index contributed by atoms with van der Waals surface area (Å²) in [7, 11) is 0. The molecular weight excluding hydrogens is 212 g/mol. The van der Waals surface area contributed by atoms with E-state index in [4.69, 9.17) is 0 Å². The number of nitrogens with one attached hydrogen (secondary N) is 1. The molecule has 17 heavy (non-hydrogen) atoms. The highest BCUT2D eigenvalue weighted by Crippen LogP contribution is 2.42. The van der Waals surface area contributed by atoms with E-state index in [-0.39, 0.29) is 5.54 Å². The average Bonchev–Trinajstić information content (AvgIpc) is 3.01. The summed E-state index contributed by atoms with van der Waals surface area (Å²) in [4.78, 5) is 14.3. The van der Waals surface area contributed by atoms with Crippen molar-refractivity contribution in [1.82, 2.24) is 10.2 Å². The van der Waals surface area contributed by atoms with Gasteiger partial charge in [0.1, 0.15) is 0 Å². The van der Waals surface area contributed by atoms with Gasteiger partial charge in [0.15, 0.2) is 0 Å². The third-order valence-electron chi connectivity index (χ3n) is 4.06. The summed E-state index contributed by atoms with van der Waals surface area (Å²) >= 11 is 0. The highest BCUT2D eigenvalue weighted by molar-refractivity contribution is 5.91. The van der Waals surface area contributed by atoms with E-state index < -0.39 is 0 Å². The lowest BCUT2D eigenvalue weighted by Gasteiger charge is -2.23. The van der Waals surface area contributed by atoms with E-state index in [0.717, 1.165) is 38.1 Å². The Balaban J connectivity index is 1.80. The quantitative estimate of drug-likeness (QED) is 0.721. The Morgan fingerprint density at radius 3 is 2.65 bits per heavy atom. The summed E-state index contributed by atoms with van der Waals surface area (Å²) in [6, 6.07) is 0. The van der Waals surface area contributed by atoms with Crippen LogP contribution < -0.4 is 5.32 Å². The van der Waals surface area contributed by atoms with Gasteiger partial charge in [-0.1, -0.05) is 33.6 Å². The SMILES string of the molecule is CCC1NC2(CC2)C(=O)N1CCCCC(C)C. The Hall–Kier alpha value is -0.570. The van der Waals surface area contributed by atoms with Gasteiger partial charge in [0.05, 0.1) is 11.7 Å². The lowest BCUT2D eigenvalue weighted by molar-refractivity contribution is -0.130. The molecule has 1 saturated heterocycles. The fraction of sp³-hybridized carbons (Fsp3) is 0.929. The van der Waals surface area contributed by atoms with Crippen LogP contribution in [-0.4, -0.2) is 29.1 Å². The zero-order chi connectivity index (χ0) is 12.5. The summed E-state index contributed by atoms with van der Waals surface area (Å²) in [6.07, 6.45) is 7.08. The van der Waals surface area contributed by atoms with E-state index in [1.165, 1.54) is 12.8 Å². The molecule has 2 fully saturated rings. The Kier molecular flexibility index (Phi) is 3.76. The van der Waals surface area contributed by atoms with E-state index in [1.54, 1.807) is 0 Å². The van der Waals surface area contributed by atoms with Crippen LogP contribution in [-0.2, 0) is 4.79 Å². The zero-order valence-corrected chi connectivity index (χ0v) is 11.5. The van der Waals surface area contributed by atoms with Crippen molar-refractivity contribution >= 4 is 5.91 Å². The van der Waals surface area contributed by atoms with Crippen LogP contribution in [0.15, 0.2) is 0 Å². The molecule has 0 bridgehead atoms. The van der Waals surface area contributed by atoms with Crippen molar-refractivity contribution in [3.05, 3.63) is 0 Å². The highest BCUT2D eigenvalue weighted by atomic mass is 16.2. The number of carbonyl (C=O) groups excluding carboxylic acids is 1. The van der Waals surface area contributed by atoms with Gasteiger partial charge in [-0.2, -0.15) is 0 Å². The van der Waals surface area contributed by atoms with Crippen LogP contribution >= 0.6 is 0 Å². The van der Waals surface area contributed by atoms with Crippen molar-refractivity contribution in [2.75, 3.05) is 6.54 Å². The van der Waals surface area contributed by atoms with Crippen LogP contribution in [0.3, 0.4) is 0 Å². The largest absolute Gasteiger partial charge is 0.326 e. The van der Waals surface area contributed by atoms with Crippen LogP contribution in [0.5, 0.6) is 0 Å². The number of carbonyl (C=O) groups is 1. The summed E-state index contributed by atoms with van der Waals surface area (Å²) < 4.78 is 0. The lowest BCUT2D eigenvalue weighted by atomic mass is 10.1. The van der Waals surface area contributed by atoms with Crippen molar-refractivity contribution in [3.63, 3.8) is 0 Å². The minimum Gasteiger partial charge on any atom is -0.326 e. The maximum absolute atomic E-state index is 12.3. The molecule has 2 aliphatic rings. The number of nitrogens with zero attached hydrogens (tertiary/aromatic N) is 1. The van der Waals surface area contributed by atoms with E-state index in [2.05, 4.69) is 31.0 Å². The van der Waals surface area contributed by atoms with Crippen LogP contribution in [0.2, 0.25) is 0 Å². The summed E-state index contributed by atoms with van der Waals surface area (Å²) in [5, 5.41) is 3.52. The fourth-order valence-electron chi connectivity index (χ4n) is 2.77. The van der Waals surface area contributed by atoms with Gasteiger partial charge in [-0.05, 0) is 31.6 Å². The summed E-state index contributed by atoms with van der Waals surface area (Å²) in [5.41, 5.74) is -0.126. The first-order valence-corrected chi connectivity index (χ1v) is 7.18. The number of hydrogen-bond donors (Lipinski definition) is 1. The molecular formula is C14H26N2O. The zero-order valence-electron chi connectivity index (χ0n) is 11.5. The van der Waals surface area contributed by atoms with Crippen LogP contribution in [0.25, 0.3) is 0 Å². The molecule has 1 atom stereocenters. The predicted octanol–water partition coefficient (Wildman–Crippen LogP) is 2.51. The van der Waals surface area contributed by atoms with Crippen LogP contribution in [0, 0.1) is 5.92 Å². The van der Waals surface area contributed by atoms with Crippen LogP contribution in [0.4, 0.5) is 0 Å². The van der Waals surface area contributed by atoms with E-state index in [1.807, 2.05) is 0 Å². The number of unbranched alkanes of at least 4 members (excludes halogenated alkanes) is 1.